The Balaban J connectivity index is 1.41. The van der Waals surface area contributed by atoms with Crippen LogP contribution in [0.5, 0.6) is 5.75 Å². The van der Waals surface area contributed by atoms with Crippen molar-refractivity contribution >= 4 is 34.0 Å². The van der Waals surface area contributed by atoms with Gasteiger partial charge in [0.2, 0.25) is 5.82 Å². The van der Waals surface area contributed by atoms with Gasteiger partial charge in [-0.25, -0.2) is 4.98 Å². The lowest BCUT2D eigenvalue weighted by molar-refractivity contribution is -0.119. The molecule has 0 saturated heterocycles. The number of primary amides is 1. The van der Waals surface area contributed by atoms with Crippen molar-refractivity contribution < 1.29 is 13.9 Å². The van der Waals surface area contributed by atoms with Gasteiger partial charge in [-0.05, 0) is 68.4 Å². The molecule has 0 aliphatic heterocycles. The summed E-state index contributed by atoms with van der Waals surface area (Å²) in [5, 5.41) is 5.99. The highest BCUT2D eigenvalue weighted by Gasteiger charge is 2.17. The quantitative estimate of drug-likeness (QED) is 0.292. The smallest absolute Gasteiger partial charge is 0.282 e. The number of furan rings is 1. The third-order valence-corrected chi connectivity index (χ3v) is 6.66. The number of para-hydroxylation sites is 2. The molecule has 0 saturated carbocycles. The van der Waals surface area contributed by atoms with Gasteiger partial charge in [-0.15, -0.1) is 0 Å². The minimum atomic E-state index is -0.533. The van der Waals surface area contributed by atoms with Crippen LogP contribution in [0.1, 0.15) is 17.0 Å². The van der Waals surface area contributed by atoms with E-state index in [1.807, 2.05) is 68.4 Å². The van der Waals surface area contributed by atoms with Crippen molar-refractivity contribution in [1.82, 2.24) is 14.2 Å². The summed E-state index contributed by atoms with van der Waals surface area (Å²) >= 11 is 0. The zero-order valence-electron chi connectivity index (χ0n) is 21.9. The molecule has 0 aliphatic rings. The average Bonchev–Trinajstić information content (AvgIpc) is 3.51. The van der Waals surface area contributed by atoms with Gasteiger partial charge in [0, 0.05) is 28.0 Å². The molecular weight excluding hydrogens is 506 g/mol. The summed E-state index contributed by atoms with van der Waals surface area (Å²) < 4.78 is 14.8. The Morgan fingerprint density at radius 1 is 1.02 bits per heavy atom. The normalized spacial score (nSPS) is 11.6. The number of nitrogens with zero attached hydrogens (tertiary/aromatic N) is 4. The lowest BCUT2D eigenvalue weighted by Gasteiger charge is -2.11. The molecule has 3 aromatic carbocycles. The van der Waals surface area contributed by atoms with E-state index in [1.54, 1.807) is 36.5 Å². The van der Waals surface area contributed by atoms with Crippen LogP contribution in [0.4, 0.5) is 0 Å². The molecule has 0 spiro atoms. The number of hydrogen-bond acceptors (Lipinski definition) is 6. The molecule has 6 rings (SSSR count). The Kier molecular flexibility index (Phi) is 6.24. The molecule has 9 heteroatoms. The van der Waals surface area contributed by atoms with E-state index in [4.69, 9.17) is 19.9 Å². The topological polar surface area (TPSA) is 118 Å². The number of ether oxygens (including phenoxy) is 1. The van der Waals surface area contributed by atoms with E-state index in [0.717, 1.165) is 28.0 Å². The van der Waals surface area contributed by atoms with Gasteiger partial charge in [-0.3, -0.25) is 9.59 Å². The van der Waals surface area contributed by atoms with Gasteiger partial charge in [0.1, 0.15) is 11.3 Å². The van der Waals surface area contributed by atoms with Crippen LogP contribution in [-0.2, 0) is 4.79 Å². The Labute approximate surface area is 228 Å². The van der Waals surface area contributed by atoms with Crippen LogP contribution >= 0.6 is 0 Å². The lowest BCUT2D eigenvalue weighted by atomic mass is 10.2. The van der Waals surface area contributed by atoms with Gasteiger partial charge in [-0.1, -0.05) is 30.3 Å². The predicted molar refractivity (Wildman–Crippen MR) is 154 cm³/mol. The molecule has 6 aromatic rings. The van der Waals surface area contributed by atoms with Crippen LogP contribution in [0.15, 0.2) is 99.2 Å². The number of carbonyl (C=O) groups excluding carboxylic acids is 1. The summed E-state index contributed by atoms with van der Waals surface area (Å²) in [5.74, 6) is 0.782. The second-order valence-electron chi connectivity index (χ2n) is 9.37. The highest BCUT2D eigenvalue weighted by Crippen LogP contribution is 2.27. The summed E-state index contributed by atoms with van der Waals surface area (Å²) in [5.41, 5.74) is 9.78. The Hall–Kier alpha value is -5.44. The van der Waals surface area contributed by atoms with Crippen molar-refractivity contribution in [3.8, 4) is 23.0 Å². The maximum Gasteiger partial charge on any atom is 0.282 e. The molecule has 9 nitrogen and oxygen atoms in total. The van der Waals surface area contributed by atoms with Gasteiger partial charge >= 0.3 is 0 Å². The third-order valence-electron chi connectivity index (χ3n) is 6.66. The van der Waals surface area contributed by atoms with E-state index in [2.05, 4.69) is 9.67 Å². The molecular formula is C31H25N5O4. The zero-order chi connectivity index (χ0) is 27.8. The van der Waals surface area contributed by atoms with E-state index in [0.29, 0.717) is 33.8 Å². The summed E-state index contributed by atoms with van der Waals surface area (Å²) in [7, 11) is 0. The van der Waals surface area contributed by atoms with Gasteiger partial charge in [0.05, 0.1) is 17.1 Å². The Morgan fingerprint density at radius 3 is 2.55 bits per heavy atom. The molecule has 0 radical (unpaired) electrons. The van der Waals surface area contributed by atoms with Crippen molar-refractivity contribution in [3.63, 3.8) is 0 Å². The first-order valence-corrected chi connectivity index (χ1v) is 12.6. The van der Waals surface area contributed by atoms with Crippen molar-refractivity contribution in [2.24, 2.45) is 10.8 Å². The van der Waals surface area contributed by atoms with Gasteiger partial charge in [-0.2, -0.15) is 9.78 Å². The molecule has 0 unspecified atom stereocenters. The number of aryl methyl sites for hydroxylation is 1. The average molecular weight is 532 g/mol. The molecule has 0 bridgehead atoms. The largest absolute Gasteiger partial charge is 0.484 e. The number of carbonyl (C=O) groups is 1. The number of benzene rings is 3. The van der Waals surface area contributed by atoms with E-state index >= 15 is 0 Å². The summed E-state index contributed by atoms with van der Waals surface area (Å²) in [4.78, 5) is 29.3. The molecule has 3 heterocycles. The Bertz CT molecular complexity index is 1950. The van der Waals surface area contributed by atoms with E-state index < -0.39 is 5.91 Å². The highest BCUT2D eigenvalue weighted by atomic mass is 16.5. The van der Waals surface area contributed by atoms with Crippen molar-refractivity contribution in [2.75, 3.05) is 6.61 Å². The number of fused-ring (bicyclic) bond motifs is 2. The van der Waals surface area contributed by atoms with Crippen molar-refractivity contribution in [2.45, 2.75) is 13.8 Å². The monoisotopic (exact) mass is 531 g/mol. The first kappa shape index (κ1) is 24.9. The molecule has 0 atom stereocenters. The minimum Gasteiger partial charge on any atom is -0.484 e. The van der Waals surface area contributed by atoms with Crippen LogP contribution < -0.4 is 16.0 Å². The predicted octanol–water partition coefficient (Wildman–Crippen LogP) is 4.96. The fourth-order valence-corrected chi connectivity index (χ4v) is 4.76. The second-order valence-corrected chi connectivity index (χ2v) is 9.37. The molecule has 1 amide bonds. The molecule has 40 heavy (non-hydrogen) atoms. The Morgan fingerprint density at radius 2 is 1.77 bits per heavy atom. The van der Waals surface area contributed by atoms with Crippen molar-refractivity contribution in [3.05, 3.63) is 112 Å². The number of aromatic nitrogens is 3. The van der Waals surface area contributed by atoms with Gasteiger partial charge in [0.25, 0.3) is 11.5 Å². The zero-order valence-corrected chi connectivity index (χ0v) is 21.9. The molecule has 2 N–H and O–H groups in total. The first-order valence-electron chi connectivity index (χ1n) is 12.6. The number of nitrogens with two attached hydrogens (primary N) is 1. The number of amides is 1. The number of rotatable bonds is 7. The van der Waals surface area contributed by atoms with Crippen LogP contribution in [0.2, 0.25) is 0 Å². The van der Waals surface area contributed by atoms with Crippen LogP contribution in [0.3, 0.4) is 0 Å². The third kappa shape index (κ3) is 4.54. The fraction of sp³-hybridized carbons (Fsp3) is 0.0968. The molecule has 198 valence electrons. The highest BCUT2D eigenvalue weighted by molar-refractivity contribution is 5.85. The maximum atomic E-state index is 13.6. The molecule has 3 aromatic heterocycles. The summed E-state index contributed by atoms with van der Waals surface area (Å²) in [6.45, 7) is 3.79. The van der Waals surface area contributed by atoms with Crippen molar-refractivity contribution in [1.29, 1.82) is 0 Å². The van der Waals surface area contributed by atoms with Crippen LogP contribution in [-0.4, -0.2) is 33.0 Å². The summed E-state index contributed by atoms with van der Waals surface area (Å²) in [6.07, 6.45) is 1.66. The minimum absolute atomic E-state index is 0.180. The van der Waals surface area contributed by atoms with E-state index in [1.165, 1.54) is 4.68 Å². The van der Waals surface area contributed by atoms with Crippen LogP contribution in [0.25, 0.3) is 39.1 Å². The van der Waals surface area contributed by atoms with E-state index in [-0.39, 0.29) is 12.2 Å². The molecule has 0 fully saturated rings. The summed E-state index contributed by atoms with van der Waals surface area (Å²) in [6, 6.07) is 26.0. The van der Waals surface area contributed by atoms with Gasteiger partial charge < -0.3 is 19.5 Å². The maximum absolute atomic E-state index is 13.6. The number of hydrogen-bond donors (Lipinski definition) is 1. The molecule has 0 aliphatic carbocycles. The second kappa shape index (κ2) is 10.0. The lowest BCUT2D eigenvalue weighted by Crippen LogP contribution is -2.20. The van der Waals surface area contributed by atoms with Gasteiger partial charge in [0.15, 0.2) is 12.4 Å². The SMILES string of the molecule is Cc1cc(C=Nn2c(-c3cc4ccccc4o3)nc3ccccc3c2=O)c(C)n1-c1ccc(OCC(N)=O)cc1. The fourth-order valence-electron chi connectivity index (χ4n) is 4.76. The van der Waals surface area contributed by atoms with Crippen LogP contribution in [0, 0.1) is 13.8 Å². The first-order chi connectivity index (χ1) is 19.4. The standard InChI is InChI=1S/C31H25N5O4/c1-19-15-22(20(2)35(19)23-11-13-24(14-12-23)39-18-29(32)37)17-33-36-30(28-16-21-7-3-6-10-27(21)40-28)34-26-9-5-4-8-25(26)31(36)38/h3-17H,18H2,1-2H3,(H2,32,37). The van der Waals surface area contributed by atoms with E-state index in [9.17, 15) is 9.59 Å².